The SMILES string of the molecule is COCCCCN1C[C@@H](O)c2cc(Cl)sc2S1(=O)=O. The molecule has 0 fully saturated rings. The fourth-order valence-electron chi connectivity index (χ4n) is 2.04. The van der Waals surface area contributed by atoms with Crippen LogP contribution in [0.15, 0.2) is 10.3 Å². The van der Waals surface area contributed by atoms with Crippen LogP contribution in [0.25, 0.3) is 0 Å². The number of thiophene rings is 1. The lowest BCUT2D eigenvalue weighted by Gasteiger charge is -2.29. The molecule has 0 bridgehead atoms. The Hall–Kier alpha value is -0.180. The van der Waals surface area contributed by atoms with Crippen LogP contribution < -0.4 is 0 Å². The molecule has 1 aromatic rings. The quantitative estimate of drug-likeness (QED) is 0.839. The van der Waals surface area contributed by atoms with Crippen molar-refractivity contribution in [1.82, 2.24) is 4.31 Å². The molecule has 0 aliphatic carbocycles. The van der Waals surface area contributed by atoms with E-state index in [1.54, 1.807) is 7.11 Å². The maximum Gasteiger partial charge on any atom is 0.253 e. The highest BCUT2D eigenvalue weighted by Crippen LogP contribution is 2.40. The summed E-state index contributed by atoms with van der Waals surface area (Å²) in [4.78, 5) is 0. The average molecular weight is 326 g/mol. The number of nitrogens with zero attached hydrogens (tertiary/aromatic N) is 1. The molecular formula is C11H16ClNO4S2. The zero-order valence-electron chi connectivity index (χ0n) is 10.5. The van der Waals surface area contributed by atoms with Crippen molar-refractivity contribution in [2.75, 3.05) is 26.8 Å². The van der Waals surface area contributed by atoms with Crippen molar-refractivity contribution in [2.45, 2.75) is 23.2 Å². The molecule has 8 heteroatoms. The van der Waals surface area contributed by atoms with Crippen molar-refractivity contribution in [3.8, 4) is 0 Å². The molecule has 0 amide bonds. The maximum absolute atomic E-state index is 12.4. The van der Waals surface area contributed by atoms with Gasteiger partial charge in [0.2, 0.25) is 0 Å². The van der Waals surface area contributed by atoms with E-state index in [1.807, 2.05) is 0 Å². The summed E-state index contributed by atoms with van der Waals surface area (Å²) in [5.41, 5.74) is 0.420. The van der Waals surface area contributed by atoms with Crippen LogP contribution in [0.3, 0.4) is 0 Å². The number of unbranched alkanes of at least 4 members (excludes halogenated alkanes) is 1. The Morgan fingerprint density at radius 2 is 2.32 bits per heavy atom. The van der Waals surface area contributed by atoms with Gasteiger partial charge in [0.25, 0.3) is 10.0 Å². The van der Waals surface area contributed by atoms with Gasteiger partial charge in [-0.05, 0) is 18.9 Å². The van der Waals surface area contributed by atoms with Gasteiger partial charge in [-0.15, -0.1) is 11.3 Å². The number of hydrogen-bond acceptors (Lipinski definition) is 5. The molecule has 108 valence electrons. The van der Waals surface area contributed by atoms with Gasteiger partial charge in [0.05, 0.1) is 10.4 Å². The third-order valence-electron chi connectivity index (χ3n) is 3.01. The first-order chi connectivity index (χ1) is 8.96. The van der Waals surface area contributed by atoms with Crippen LogP contribution in [0.2, 0.25) is 4.34 Å². The number of aliphatic hydroxyl groups excluding tert-OH is 1. The number of ether oxygens (including phenoxy) is 1. The molecule has 0 aromatic carbocycles. The minimum Gasteiger partial charge on any atom is -0.387 e. The highest BCUT2D eigenvalue weighted by atomic mass is 35.5. The lowest BCUT2D eigenvalue weighted by atomic mass is 10.2. The zero-order valence-corrected chi connectivity index (χ0v) is 12.9. The molecule has 19 heavy (non-hydrogen) atoms. The summed E-state index contributed by atoms with van der Waals surface area (Å²) in [6, 6.07) is 1.53. The van der Waals surface area contributed by atoms with Crippen molar-refractivity contribution in [1.29, 1.82) is 0 Å². The van der Waals surface area contributed by atoms with Crippen LogP contribution in [0, 0.1) is 0 Å². The monoisotopic (exact) mass is 325 g/mol. The van der Waals surface area contributed by atoms with E-state index in [4.69, 9.17) is 16.3 Å². The van der Waals surface area contributed by atoms with E-state index in [9.17, 15) is 13.5 Å². The standard InChI is InChI=1S/C11H16ClNO4S2/c1-17-5-3-2-4-13-7-9(14)8-6-10(12)18-11(8)19(13,15)16/h6,9,14H,2-5,7H2,1H3/t9-/m1/s1. The van der Waals surface area contributed by atoms with E-state index in [-0.39, 0.29) is 10.8 Å². The molecule has 0 spiro atoms. The molecule has 1 aromatic heterocycles. The maximum atomic E-state index is 12.4. The molecular weight excluding hydrogens is 310 g/mol. The second kappa shape index (κ2) is 6.07. The molecule has 1 aliphatic heterocycles. The third-order valence-corrected chi connectivity index (χ3v) is 6.68. The number of halogens is 1. The van der Waals surface area contributed by atoms with E-state index in [0.717, 1.165) is 17.8 Å². The predicted octanol–water partition coefficient (Wildman–Crippen LogP) is 1.87. The van der Waals surface area contributed by atoms with Gasteiger partial charge in [0, 0.05) is 32.4 Å². The lowest BCUT2D eigenvalue weighted by Crippen LogP contribution is -2.39. The van der Waals surface area contributed by atoms with Crippen LogP contribution in [-0.4, -0.2) is 44.6 Å². The molecule has 0 saturated heterocycles. The van der Waals surface area contributed by atoms with Crippen molar-refractivity contribution in [3.63, 3.8) is 0 Å². The van der Waals surface area contributed by atoms with Gasteiger partial charge in [-0.25, -0.2) is 8.42 Å². The van der Waals surface area contributed by atoms with Crippen LogP contribution >= 0.6 is 22.9 Å². The minimum absolute atomic E-state index is 0.0926. The fourth-order valence-corrected chi connectivity index (χ4v) is 5.65. The average Bonchev–Trinajstić information content (AvgIpc) is 2.75. The molecule has 5 nitrogen and oxygen atoms in total. The third kappa shape index (κ3) is 3.12. The Bertz CT molecular complexity index is 543. The lowest BCUT2D eigenvalue weighted by molar-refractivity contribution is 0.136. The van der Waals surface area contributed by atoms with Gasteiger partial charge < -0.3 is 9.84 Å². The second-order valence-electron chi connectivity index (χ2n) is 4.37. The van der Waals surface area contributed by atoms with Crippen molar-refractivity contribution in [2.24, 2.45) is 0 Å². The van der Waals surface area contributed by atoms with Crippen molar-refractivity contribution < 1.29 is 18.3 Å². The molecule has 0 unspecified atom stereocenters. The topological polar surface area (TPSA) is 66.8 Å². The van der Waals surface area contributed by atoms with Crippen LogP contribution in [-0.2, 0) is 14.8 Å². The summed E-state index contributed by atoms with van der Waals surface area (Å²) in [6.07, 6.45) is 0.690. The van der Waals surface area contributed by atoms with E-state index < -0.39 is 16.1 Å². The van der Waals surface area contributed by atoms with E-state index in [1.165, 1.54) is 10.4 Å². The number of methoxy groups -OCH3 is 1. The highest BCUT2D eigenvalue weighted by Gasteiger charge is 2.37. The molecule has 1 aliphatic rings. The van der Waals surface area contributed by atoms with Crippen molar-refractivity contribution >= 4 is 33.0 Å². The zero-order chi connectivity index (χ0) is 14.0. The van der Waals surface area contributed by atoms with Crippen LogP contribution in [0.4, 0.5) is 0 Å². The van der Waals surface area contributed by atoms with Gasteiger partial charge in [-0.2, -0.15) is 4.31 Å². The summed E-state index contributed by atoms with van der Waals surface area (Å²) in [5.74, 6) is 0. The first-order valence-electron chi connectivity index (χ1n) is 5.93. The molecule has 1 N–H and O–H groups in total. The minimum atomic E-state index is -3.52. The molecule has 0 radical (unpaired) electrons. The Morgan fingerprint density at radius 1 is 1.58 bits per heavy atom. The largest absolute Gasteiger partial charge is 0.387 e. The molecule has 1 atom stereocenters. The summed E-state index contributed by atoms with van der Waals surface area (Å²) in [6.45, 7) is 1.08. The van der Waals surface area contributed by atoms with Gasteiger partial charge in [0.1, 0.15) is 4.21 Å². The summed E-state index contributed by atoms with van der Waals surface area (Å²) >= 11 is 6.84. The van der Waals surface area contributed by atoms with Crippen LogP contribution in [0.1, 0.15) is 24.5 Å². The molecule has 2 rings (SSSR count). The van der Waals surface area contributed by atoms with Crippen molar-refractivity contribution in [3.05, 3.63) is 16.0 Å². The molecule has 0 saturated carbocycles. The second-order valence-corrected chi connectivity index (χ2v) is 8.19. The smallest absolute Gasteiger partial charge is 0.253 e. The number of sulfonamides is 1. The van der Waals surface area contributed by atoms with E-state index in [0.29, 0.717) is 29.5 Å². The number of aliphatic hydroxyl groups is 1. The number of hydrogen-bond donors (Lipinski definition) is 1. The fraction of sp³-hybridized carbons (Fsp3) is 0.636. The van der Waals surface area contributed by atoms with Crippen LogP contribution in [0.5, 0.6) is 0 Å². The number of β-amino-alcohol motifs (C(OH)–C–C–N with tert-alkyl or cyclic N) is 1. The Balaban J connectivity index is 2.16. The van der Waals surface area contributed by atoms with E-state index >= 15 is 0 Å². The van der Waals surface area contributed by atoms with Gasteiger partial charge in [-0.3, -0.25) is 0 Å². The first kappa shape index (κ1) is 15.2. The Kier molecular flexibility index (Phi) is 4.86. The highest BCUT2D eigenvalue weighted by molar-refractivity contribution is 7.91. The number of fused-ring (bicyclic) bond motifs is 1. The summed E-state index contributed by atoms with van der Waals surface area (Å²) in [5, 5.41) is 10.00. The number of rotatable bonds is 5. The van der Waals surface area contributed by atoms with Gasteiger partial charge >= 0.3 is 0 Å². The normalized spacial score (nSPS) is 22.4. The first-order valence-corrected chi connectivity index (χ1v) is 8.56. The van der Waals surface area contributed by atoms with Gasteiger partial charge in [-0.1, -0.05) is 11.6 Å². The van der Waals surface area contributed by atoms with Gasteiger partial charge in [0.15, 0.2) is 0 Å². The van der Waals surface area contributed by atoms with E-state index in [2.05, 4.69) is 0 Å². The summed E-state index contributed by atoms with van der Waals surface area (Å²) < 4.78 is 31.5. The Morgan fingerprint density at radius 3 is 3.00 bits per heavy atom. The Labute approximate surface area is 121 Å². The summed E-state index contributed by atoms with van der Waals surface area (Å²) in [7, 11) is -1.90. The molecule has 2 heterocycles. The predicted molar refractivity (Wildman–Crippen MR) is 74.2 cm³/mol.